The molecule has 2 aromatic heterocycles. The molecule has 0 atom stereocenters. The maximum absolute atomic E-state index is 5.87. The van der Waals surface area contributed by atoms with Crippen LogP contribution in [0.1, 0.15) is 0 Å². The van der Waals surface area contributed by atoms with Crippen molar-refractivity contribution in [3.63, 3.8) is 0 Å². The molecule has 0 aliphatic carbocycles. The highest BCUT2D eigenvalue weighted by Gasteiger charge is 2.06. The first kappa shape index (κ1) is 9.36. The van der Waals surface area contributed by atoms with Crippen molar-refractivity contribution in [1.29, 1.82) is 0 Å². The number of imidazole rings is 1. The van der Waals surface area contributed by atoms with Crippen molar-refractivity contribution in [1.82, 2.24) is 14.5 Å². The first-order chi connectivity index (χ1) is 7.84. The third kappa shape index (κ3) is 1.46. The van der Waals surface area contributed by atoms with E-state index in [1.807, 2.05) is 36.4 Å². The van der Waals surface area contributed by atoms with Crippen LogP contribution >= 0.6 is 11.6 Å². The average molecular weight is 229 g/mol. The van der Waals surface area contributed by atoms with Crippen molar-refractivity contribution in [2.24, 2.45) is 0 Å². The quantitative estimate of drug-likeness (QED) is 0.600. The molecule has 0 aliphatic heterocycles. The molecule has 0 spiro atoms. The maximum Gasteiger partial charge on any atom is 0.183 e. The van der Waals surface area contributed by atoms with Crippen LogP contribution in [-0.2, 0) is 0 Å². The summed E-state index contributed by atoms with van der Waals surface area (Å²) in [6, 6.07) is 13.4. The van der Waals surface area contributed by atoms with Crippen molar-refractivity contribution >= 4 is 22.8 Å². The minimum absolute atomic E-state index is 0.457. The number of halogens is 1. The zero-order chi connectivity index (χ0) is 11.0. The minimum atomic E-state index is 0.457. The fraction of sp³-hybridized carbons (Fsp3) is 0. The number of nitrogens with zero attached hydrogens (tertiary/aromatic N) is 3. The first-order valence-electron chi connectivity index (χ1n) is 4.83. The lowest BCUT2D eigenvalue weighted by molar-refractivity contribution is 1.05. The van der Waals surface area contributed by atoms with Gasteiger partial charge in [-0.25, -0.2) is 9.97 Å². The van der Waals surface area contributed by atoms with Gasteiger partial charge >= 0.3 is 0 Å². The Morgan fingerprint density at radius 3 is 2.69 bits per heavy atom. The molecular formula is C12H7ClN3. The highest BCUT2D eigenvalue weighted by atomic mass is 35.5. The summed E-state index contributed by atoms with van der Waals surface area (Å²) < 4.78 is 1.79. The van der Waals surface area contributed by atoms with Gasteiger partial charge in [-0.3, -0.25) is 4.57 Å². The Morgan fingerprint density at radius 1 is 1.06 bits per heavy atom. The van der Waals surface area contributed by atoms with Gasteiger partial charge in [0.2, 0.25) is 0 Å². The Bertz CT molecular complexity index is 631. The van der Waals surface area contributed by atoms with Gasteiger partial charge in [-0.1, -0.05) is 29.8 Å². The van der Waals surface area contributed by atoms with Gasteiger partial charge in [-0.2, -0.15) is 0 Å². The zero-order valence-corrected chi connectivity index (χ0v) is 9.02. The third-order valence-electron chi connectivity index (χ3n) is 2.32. The van der Waals surface area contributed by atoms with Crippen molar-refractivity contribution in [3.05, 3.63) is 53.9 Å². The summed E-state index contributed by atoms with van der Waals surface area (Å²) in [7, 11) is 0. The van der Waals surface area contributed by atoms with E-state index in [-0.39, 0.29) is 0 Å². The molecule has 0 aliphatic rings. The van der Waals surface area contributed by atoms with E-state index in [2.05, 4.69) is 16.3 Å². The van der Waals surface area contributed by atoms with Crippen LogP contribution in [0.3, 0.4) is 0 Å². The maximum atomic E-state index is 5.87. The third-order valence-corrected chi connectivity index (χ3v) is 2.53. The SMILES string of the molecule is Clc1ccc2n[c]n(-c3ccccc3)c2n1. The number of aromatic nitrogens is 3. The summed E-state index contributed by atoms with van der Waals surface area (Å²) in [4.78, 5) is 8.40. The second-order valence-electron chi connectivity index (χ2n) is 3.36. The standard InChI is InChI=1S/C12H7ClN3/c13-11-7-6-10-12(15-11)16(8-14-10)9-4-2-1-3-5-9/h1-7H. The molecule has 4 heteroatoms. The van der Waals surface area contributed by atoms with Crippen molar-refractivity contribution in [2.45, 2.75) is 0 Å². The summed E-state index contributed by atoms with van der Waals surface area (Å²) in [6.07, 6.45) is 2.90. The number of hydrogen-bond donors (Lipinski definition) is 0. The normalized spacial score (nSPS) is 10.8. The molecule has 0 unspecified atom stereocenters. The summed E-state index contributed by atoms with van der Waals surface area (Å²) in [5.74, 6) is 0. The van der Waals surface area contributed by atoms with E-state index in [9.17, 15) is 0 Å². The number of rotatable bonds is 1. The molecule has 0 saturated carbocycles. The minimum Gasteiger partial charge on any atom is -0.274 e. The number of hydrogen-bond acceptors (Lipinski definition) is 2. The summed E-state index contributed by atoms with van der Waals surface area (Å²) in [5.41, 5.74) is 2.48. The lowest BCUT2D eigenvalue weighted by atomic mass is 10.3. The Hall–Kier alpha value is -1.87. The summed E-state index contributed by atoms with van der Waals surface area (Å²) in [6.45, 7) is 0. The van der Waals surface area contributed by atoms with Gasteiger partial charge in [-0.05, 0) is 24.3 Å². The van der Waals surface area contributed by atoms with Crippen molar-refractivity contribution in [3.8, 4) is 5.69 Å². The van der Waals surface area contributed by atoms with Gasteiger partial charge < -0.3 is 0 Å². The van der Waals surface area contributed by atoms with E-state index >= 15 is 0 Å². The largest absolute Gasteiger partial charge is 0.274 e. The first-order valence-corrected chi connectivity index (χ1v) is 5.20. The Kier molecular flexibility index (Phi) is 2.11. The topological polar surface area (TPSA) is 30.7 Å². The number of fused-ring (bicyclic) bond motifs is 1. The van der Waals surface area contributed by atoms with E-state index in [1.54, 1.807) is 10.6 Å². The van der Waals surface area contributed by atoms with Crippen molar-refractivity contribution < 1.29 is 0 Å². The molecular weight excluding hydrogens is 222 g/mol. The van der Waals surface area contributed by atoms with Crippen LogP contribution in [0.5, 0.6) is 0 Å². The summed E-state index contributed by atoms with van der Waals surface area (Å²) in [5, 5.41) is 0.457. The lowest BCUT2D eigenvalue weighted by Gasteiger charge is -2.01. The molecule has 0 fully saturated rings. The summed E-state index contributed by atoms with van der Waals surface area (Å²) >= 11 is 5.87. The van der Waals surface area contributed by atoms with E-state index < -0.39 is 0 Å². The van der Waals surface area contributed by atoms with Crippen LogP contribution < -0.4 is 0 Å². The molecule has 3 nitrogen and oxygen atoms in total. The molecule has 0 N–H and O–H groups in total. The van der Waals surface area contributed by atoms with Crippen LogP contribution in [0.25, 0.3) is 16.9 Å². The smallest absolute Gasteiger partial charge is 0.183 e. The fourth-order valence-corrected chi connectivity index (χ4v) is 1.72. The number of benzene rings is 1. The second kappa shape index (κ2) is 3.61. The average Bonchev–Trinajstić information content (AvgIpc) is 2.73. The number of pyridine rings is 1. The van der Waals surface area contributed by atoms with Crippen LogP contribution in [0.2, 0.25) is 5.15 Å². The zero-order valence-electron chi connectivity index (χ0n) is 8.26. The van der Waals surface area contributed by atoms with Crippen LogP contribution in [0.4, 0.5) is 0 Å². The molecule has 1 radical (unpaired) electrons. The van der Waals surface area contributed by atoms with Crippen molar-refractivity contribution in [2.75, 3.05) is 0 Å². The molecule has 1 aromatic carbocycles. The molecule has 0 amide bonds. The number of para-hydroxylation sites is 1. The predicted octanol–water partition coefficient (Wildman–Crippen LogP) is 2.87. The highest BCUT2D eigenvalue weighted by molar-refractivity contribution is 6.29. The van der Waals surface area contributed by atoms with E-state index in [4.69, 9.17) is 11.6 Å². The molecule has 77 valence electrons. The highest BCUT2D eigenvalue weighted by Crippen LogP contribution is 2.17. The Balaban J connectivity index is 2.29. The molecule has 0 bridgehead atoms. The van der Waals surface area contributed by atoms with E-state index in [1.165, 1.54) is 0 Å². The monoisotopic (exact) mass is 228 g/mol. The van der Waals surface area contributed by atoms with E-state index in [0.717, 1.165) is 16.9 Å². The molecule has 16 heavy (non-hydrogen) atoms. The van der Waals surface area contributed by atoms with Gasteiger partial charge in [-0.15, -0.1) is 0 Å². The van der Waals surface area contributed by atoms with E-state index in [0.29, 0.717) is 5.15 Å². The Morgan fingerprint density at radius 2 is 1.88 bits per heavy atom. The second-order valence-corrected chi connectivity index (χ2v) is 3.75. The molecule has 0 saturated heterocycles. The Labute approximate surface area is 97.3 Å². The fourth-order valence-electron chi connectivity index (χ4n) is 1.58. The van der Waals surface area contributed by atoms with Gasteiger partial charge in [0.25, 0.3) is 0 Å². The van der Waals surface area contributed by atoms with Gasteiger partial charge in [0.05, 0.1) is 0 Å². The lowest BCUT2D eigenvalue weighted by Crippen LogP contribution is -1.93. The molecule has 3 aromatic rings. The van der Waals surface area contributed by atoms with Gasteiger partial charge in [0, 0.05) is 5.69 Å². The van der Waals surface area contributed by atoms with Crippen LogP contribution in [0, 0.1) is 6.33 Å². The predicted molar refractivity (Wildman–Crippen MR) is 62.7 cm³/mol. The van der Waals surface area contributed by atoms with Crippen LogP contribution in [-0.4, -0.2) is 14.5 Å². The van der Waals surface area contributed by atoms with Gasteiger partial charge in [0.1, 0.15) is 10.7 Å². The molecule has 3 rings (SSSR count). The molecule has 2 heterocycles. The van der Waals surface area contributed by atoms with Gasteiger partial charge in [0.15, 0.2) is 12.0 Å². The van der Waals surface area contributed by atoms with Crippen LogP contribution in [0.15, 0.2) is 42.5 Å².